The van der Waals surface area contributed by atoms with Crippen molar-refractivity contribution in [3.8, 4) is 0 Å². The summed E-state index contributed by atoms with van der Waals surface area (Å²) in [5, 5.41) is 0. The van der Waals surface area contributed by atoms with Crippen LogP contribution in [-0.2, 0) is 6.04 Å². The first-order chi connectivity index (χ1) is 6.65. The van der Waals surface area contributed by atoms with Crippen LogP contribution in [0.1, 0.15) is 32.4 Å². The lowest BCUT2D eigenvalue weighted by molar-refractivity contribution is 0.511. The summed E-state index contributed by atoms with van der Waals surface area (Å²) in [5.41, 5.74) is 1.01. The van der Waals surface area contributed by atoms with E-state index in [0.717, 1.165) is 17.6 Å². The van der Waals surface area contributed by atoms with Crippen LogP contribution in [0.2, 0.25) is 18.1 Å². The molecule has 0 aromatic carbocycles. The summed E-state index contributed by atoms with van der Waals surface area (Å²) in [6, 6.07) is 5.12. The van der Waals surface area contributed by atoms with Crippen LogP contribution < -0.4 is 0 Å². The Kier molecular flexibility index (Phi) is 3.93. The van der Waals surface area contributed by atoms with Gasteiger partial charge < -0.3 is 4.42 Å². The molecule has 1 aromatic heterocycles. The minimum atomic E-state index is -1.10. The Morgan fingerprint density at radius 2 is 1.79 bits per heavy atom. The maximum atomic E-state index is 5.45. The third kappa shape index (κ3) is 2.47. The smallest absolute Gasteiger partial charge is 0.191 e. The molecule has 0 N–H and O–H groups in total. The summed E-state index contributed by atoms with van der Waals surface area (Å²) in [4.78, 5) is 4.41. The van der Waals surface area contributed by atoms with Gasteiger partial charge in [-0.2, -0.15) is 0 Å². The average Bonchev–Trinajstić information content (AvgIpc) is 2.61. The van der Waals surface area contributed by atoms with E-state index in [4.69, 9.17) is 4.42 Å². The normalized spacial score (nSPS) is 12.0. The molecule has 0 unspecified atom stereocenters. The lowest BCUT2D eigenvalue weighted by atomic mass is 10.6. The number of hydrogen-bond donors (Lipinski definition) is 0. The van der Waals surface area contributed by atoms with Crippen molar-refractivity contribution in [2.45, 2.75) is 51.9 Å². The van der Waals surface area contributed by atoms with Crippen molar-refractivity contribution in [1.29, 1.82) is 0 Å². The van der Waals surface area contributed by atoms with Crippen LogP contribution in [0.3, 0.4) is 0 Å². The quantitative estimate of drug-likeness (QED) is 0.696. The van der Waals surface area contributed by atoms with Crippen molar-refractivity contribution in [3.05, 3.63) is 17.8 Å². The van der Waals surface area contributed by atoms with Gasteiger partial charge in [-0.15, -0.1) is 0 Å². The van der Waals surface area contributed by atoms with Gasteiger partial charge >= 0.3 is 0 Å². The van der Waals surface area contributed by atoms with E-state index in [-0.39, 0.29) is 0 Å². The molecule has 1 rings (SSSR count). The van der Waals surface area contributed by atoms with E-state index < -0.39 is 8.07 Å². The van der Waals surface area contributed by atoms with Crippen molar-refractivity contribution in [1.82, 2.24) is 4.98 Å². The van der Waals surface area contributed by atoms with Gasteiger partial charge in [-0.05, 0) is 6.92 Å². The topological polar surface area (TPSA) is 26.0 Å². The predicted molar refractivity (Wildman–Crippen MR) is 62.1 cm³/mol. The number of aromatic nitrogens is 1. The number of aryl methyl sites for hydroxylation is 1. The molecule has 2 nitrogen and oxygen atoms in total. The molecule has 0 spiro atoms. The van der Waals surface area contributed by atoms with Crippen molar-refractivity contribution >= 4 is 8.07 Å². The number of nitrogens with zero attached hydrogens (tertiary/aromatic N) is 1. The van der Waals surface area contributed by atoms with E-state index in [1.165, 1.54) is 18.1 Å². The summed E-state index contributed by atoms with van der Waals surface area (Å²) in [6.45, 7) is 8.93. The van der Waals surface area contributed by atoms with Crippen LogP contribution in [0.25, 0.3) is 0 Å². The number of rotatable bonds is 5. The van der Waals surface area contributed by atoms with Gasteiger partial charge in [0.2, 0.25) is 0 Å². The Hall–Kier alpha value is -0.573. The summed E-state index contributed by atoms with van der Waals surface area (Å²) in [5.74, 6) is 0.958. The Morgan fingerprint density at radius 1 is 1.21 bits per heavy atom. The third-order valence-corrected chi connectivity index (χ3v) is 9.00. The van der Waals surface area contributed by atoms with Crippen LogP contribution in [0, 0.1) is 6.92 Å². The fraction of sp³-hybridized carbons (Fsp3) is 0.727. The van der Waals surface area contributed by atoms with E-state index in [1.54, 1.807) is 6.26 Å². The fourth-order valence-corrected chi connectivity index (χ4v) is 4.98. The van der Waals surface area contributed by atoms with Gasteiger partial charge in [0.25, 0.3) is 0 Å². The standard InChI is InChI=1S/C11H21NOSi/c1-5-14(6-2,7-3)9-11-12-10(4)8-13-11/h8H,5-7,9H2,1-4H3. The first kappa shape index (κ1) is 11.5. The second-order valence-electron chi connectivity index (χ2n) is 4.12. The zero-order chi connectivity index (χ0) is 10.6. The average molecular weight is 211 g/mol. The molecule has 14 heavy (non-hydrogen) atoms. The molecular weight excluding hydrogens is 190 g/mol. The molecule has 80 valence electrons. The van der Waals surface area contributed by atoms with Crippen LogP contribution in [0.5, 0.6) is 0 Å². The molecule has 0 aliphatic heterocycles. The van der Waals surface area contributed by atoms with E-state index in [2.05, 4.69) is 25.8 Å². The Labute approximate surface area is 87.7 Å². The second-order valence-corrected chi connectivity index (χ2v) is 9.59. The zero-order valence-electron chi connectivity index (χ0n) is 9.76. The van der Waals surface area contributed by atoms with Gasteiger partial charge in [-0.1, -0.05) is 38.9 Å². The minimum Gasteiger partial charge on any atom is -0.449 e. The Bertz CT molecular complexity index is 270. The molecule has 0 radical (unpaired) electrons. The maximum absolute atomic E-state index is 5.45. The summed E-state index contributed by atoms with van der Waals surface area (Å²) in [6.07, 6.45) is 1.76. The van der Waals surface area contributed by atoms with E-state index in [0.29, 0.717) is 0 Å². The highest BCUT2D eigenvalue weighted by Gasteiger charge is 2.28. The van der Waals surface area contributed by atoms with Crippen molar-refractivity contribution in [2.75, 3.05) is 0 Å². The fourth-order valence-electron chi connectivity index (χ4n) is 1.93. The first-order valence-electron chi connectivity index (χ1n) is 5.56. The minimum absolute atomic E-state index is 0.958. The summed E-state index contributed by atoms with van der Waals surface area (Å²) < 4.78 is 5.45. The Balaban J connectivity index is 2.73. The molecule has 0 saturated heterocycles. The molecule has 0 atom stereocenters. The van der Waals surface area contributed by atoms with Gasteiger partial charge in [0, 0.05) is 6.04 Å². The largest absolute Gasteiger partial charge is 0.449 e. The highest BCUT2D eigenvalue weighted by Crippen LogP contribution is 2.24. The molecule has 0 aliphatic carbocycles. The highest BCUT2D eigenvalue weighted by atomic mass is 28.3. The molecule has 0 aliphatic rings. The van der Waals surface area contributed by atoms with Crippen LogP contribution in [0.4, 0.5) is 0 Å². The van der Waals surface area contributed by atoms with Gasteiger partial charge in [-0.25, -0.2) is 4.98 Å². The highest BCUT2D eigenvalue weighted by molar-refractivity contribution is 6.79. The van der Waals surface area contributed by atoms with E-state index in [1.807, 2.05) is 6.92 Å². The van der Waals surface area contributed by atoms with Crippen LogP contribution in [0.15, 0.2) is 10.7 Å². The summed E-state index contributed by atoms with van der Waals surface area (Å²) in [7, 11) is -1.10. The Morgan fingerprint density at radius 3 is 2.14 bits per heavy atom. The molecule has 1 heterocycles. The second kappa shape index (κ2) is 4.78. The van der Waals surface area contributed by atoms with Gasteiger partial charge in [0.05, 0.1) is 13.8 Å². The van der Waals surface area contributed by atoms with Gasteiger partial charge in [0.1, 0.15) is 6.26 Å². The lowest BCUT2D eigenvalue weighted by Gasteiger charge is -2.26. The third-order valence-electron chi connectivity index (χ3n) is 3.44. The first-order valence-corrected chi connectivity index (χ1v) is 8.39. The number of oxazole rings is 1. The van der Waals surface area contributed by atoms with Crippen LogP contribution in [-0.4, -0.2) is 13.1 Å². The van der Waals surface area contributed by atoms with E-state index >= 15 is 0 Å². The molecule has 1 aromatic rings. The monoisotopic (exact) mass is 211 g/mol. The number of hydrogen-bond acceptors (Lipinski definition) is 2. The lowest BCUT2D eigenvalue weighted by Crippen LogP contribution is -2.34. The van der Waals surface area contributed by atoms with Crippen LogP contribution >= 0.6 is 0 Å². The molecule has 0 fully saturated rings. The van der Waals surface area contributed by atoms with Gasteiger partial charge in [0.15, 0.2) is 5.89 Å². The maximum Gasteiger partial charge on any atom is 0.191 e. The molecular formula is C11H21NOSi. The molecule has 3 heteroatoms. The van der Waals surface area contributed by atoms with Crippen molar-refractivity contribution < 1.29 is 4.42 Å². The molecule has 0 amide bonds. The SMILES string of the molecule is CC[Si](CC)(CC)Cc1nc(C)co1. The van der Waals surface area contributed by atoms with Crippen molar-refractivity contribution in [3.63, 3.8) is 0 Å². The molecule has 0 saturated carbocycles. The molecule has 0 bridgehead atoms. The van der Waals surface area contributed by atoms with Gasteiger partial charge in [-0.3, -0.25) is 0 Å². The van der Waals surface area contributed by atoms with Crippen molar-refractivity contribution in [2.24, 2.45) is 0 Å². The van der Waals surface area contributed by atoms with E-state index in [9.17, 15) is 0 Å². The predicted octanol–water partition coefficient (Wildman–Crippen LogP) is 3.57. The zero-order valence-corrected chi connectivity index (χ0v) is 10.8. The summed E-state index contributed by atoms with van der Waals surface area (Å²) >= 11 is 0.